The third-order valence-corrected chi connectivity index (χ3v) is 14.9. The van der Waals surface area contributed by atoms with E-state index >= 15 is 0 Å². The van der Waals surface area contributed by atoms with Crippen molar-refractivity contribution in [2.45, 2.75) is 74.0 Å². The van der Waals surface area contributed by atoms with Crippen LogP contribution in [-0.4, -0.2) is 270 Å². The van der Waals surface area contributed by atoms with Gasteiger partial charge >= 0.3 is 60.4 Å². The summed E-state index contributed by atoms with van der Waals surface area (Å²) < 4.78 is 0. The Kier molecular flexibility index (Phi) is 6.43. The quantitative estimate of drug-likeness (QED) is 0.121. The summed E-state index contributed by atoms with van der Waals surface area (Å²) in [4.78, 5) is 186. The molecule has 18 amide bonds. The number of fused-ring (bicyclic) bond motifs is 10. The summed E-state index contributed by atoms with van der Waals surface area (Å²) >= 11 is 0. The van der Waals surface area contributed by atoms with Gasteiger partial charge in [-0.15, -0.1) is 4.91 Å². The maximum Gasteiger partial charge on any atom is 0.518 e. The van der Waals surface area contributed by atoms with Crippen LogP contribution in [0.1, 0.15) is 0 Å². The molecule has 0 spiro atoms. The van der Waals surface area contributed by atoms with E-state index in [0.29, 0.717) is 10.0 Å². The van der Waals surface area contributed by atoms with Crippen LogP contribution in [0.5, 0.6) is 0 Å². The van der Waals surface area contributed by atoms with Gasteiger partial charge in [-0.3, -0.25) is 79.2 Å². The molecule has 14 heterocycles. The van der Waals surface area contributed by atoms with Crippen molar-refractivity contribution in [2.75, 3.05) is 53.3 Å². The van der Waals surface area contributed by atoms with Gasteiger partial charge in [-0.05, 0) is 15.2 Å². The van der Waals surface area contributed by atoms with Crippen LogP contribution in [0.3, 0.4) is 0 Å². The van der Waals surface area contributed by atoms with Crippen LogP contribution in [0.4, 0.5) is 43.2 Å². The van der Waals surface area contributed by atoms with E-state index in [1.54, 1.807) is 0 Å². The second kappa shape index (κ2) is 11.4. The van der Waals surface area contributed by atoms with Crippen molar-refractivity contribution in [1.29, 1.82) is 0 Å². The van der Waals surface area contributed by atoms with Gasteiger partial charge in [0.05, 0.1) is 23.2 Å². The number of nitrogens with one attached hydrogen (secondary N) is 4. The van der Waals surface area contributed by atoms with Crippen LogP contribution < -0.4 is 27.0 Å². The van der Waals surface area contributed by atoms with Crippen molar-refractivity contribution < 1.29 is 52.9 Å². The zero-order valence-corrected chi connectivity index (χ0v) is 33.1. The van der Waals surface area contributed by atoms with Crippen molar-refractivity contribution in [3.8, 4) is 0 Å². The molecular weight excluding hydrogens is 876 g/mol. The van der Waals surface area contributed by atoms with E-state index in [2.05, 4.69) is 26.4 Å². The molecule has 340 valence electrons. The van der Waals surface area contributed by atoms with E-state index in [-0.39, 0.29) is 9.74 Å². The Labute approximate surface area is 359 Å². The van der Waals surface area contributed by atoms with Gasteiger partial charge in [0.25, 0.3) is 6.17 Å². The van der Waals surface area contributed by atoms with Crippen molar-refractivity contribution in [3.05, 3.63) is 14.7 Å². The van der Waals surface area contributed by atoms with Crippen LogP contribution in [-0.2, 0) is 0 Å². The summed E-state index contributed by atoms with van der Waals surface area (Å²) in [6.45, 7) is -4.39. The van der Waals surface area contributed by atoms with Crippen LogP contribution in [0.15, 0.2) is 5.18 Å². The predicted molar refractivity (Wildman–Crippen MR) is 192 cm³/mol. The fourth-order valence-corrected chi connectivity index (χ4v) is 12.0. The van der Waals surface area contributed by atoms with E-state index in [1.165, 1.54) is 29.4 Å². The number of carbonyl (C=O) groups is 9. The molecule has 0 aromatic carbocycles. The number of hydrogen-bond donors (Lipinski definition) is 5. The monoisotopic (exact) mass is 910 g/mol. The molecule has 36 heteroatoms. The fraction of sp³-hybridized carbons (Fsp3) is 0.690. The number of hydrazine groups is 2. The first kappa shape index (κ1) is 36.6. The topological polar surface area (TPSA) is 349 Å². The molecule has 14 saturated heterocycles. The molecule has 0 aromatic heterocycles. The van der Waals surface area contributed by atoms with E-state index in [9.17, 15) is 57.9 Å². The Morgan fingerprint density at radius 3 is 1.31 bits per heavy atom. The van der Waals surface area contributed by atoms with Gasteiger partial charge in [0, 0.05) is 0 Å². The van der Waals surface area contributed by atoms with E-state index in [0.717, 1.165) is 39.2 Å². The molecule has 0 aromatic rings. The molecule has 12 unspecified atom stereocenters. The van der Waals surface area contributed by atoms with Crippen LogP contribution in [0.2, 0.25) is 0 Å². The average molecular weight is 911 g/mol. The second-order valence-electron chi connectivity index (χ2n) is 17.6. The summed E-state index contributed by atoms with van der Waals surface area (Å²) in [5.41, 5.74) is 6.49. The lowest BCUT2D eigenvalue weighted by atomic mass is 10.3. The number of nitroso groups, excluding NO2 is 3. The highest BCUT2D eigenvalue weighted by Crippen LogP contribution is 2.45. The third kappa shape index (κ3) is 3.94. The third-order valence-electron chi connectivity index (χ3n) is 14.9. The smallest absolute Gasteiger partial charge is 0.314 e. The van der Waals surface area contributed by atoms with Gasteiger partial charge < -0.3 is 16.4 Å². The normalized spacial score (nSPS) is 39.6. The molecule has 0 radical (unpaired) electrons. The Hall–Kier alpha value is -7.89. The number of urea groups is 9. The predicted octanol–water partition coefficient (Wildman–Crippen LogP) is -6.87. The Morgan fingerprint density at radius 1 is 0.446 bits per heavy atom. The molecule has 12 bridgehead atoms. The number of rotatable bonds is 1. The molecule has 14 rings (SSSR count). The SMILES string of the molecule is NC1C(N=O)N2CN3C(=O)N4CN5C(=O)N6CNC(NCN7C(=O)N(CN8C(=O)NC3C84)C5C76)C3[N+](=O)N4C(=O)N5CN6C(=O)NC7C6N(CN6C(=O)N(C4C56)[N+]3=O)C(=O)N7CN1C2=O. The minimum Gasteiger partial charge on any atom is -0.314 e. The lowest BCUT2D eigenvalue weighted by molar-refractivity contribution is -0.947. The standard InChI is InChI=1S/C29H32N24O12/c30-9-11(35-63)39-4-41-13-16-42(21(54)34-13)5-46-18-17-36(23(46)56)1-31-10(32-2-37(17)24(57)47(18)7-44(16)27(41)60)14-52(64)50-20-19-48(28(50)61)6-43-15-12(33-22(43)55)40(3-38(9)25(39)58)26(59)45(15)8-49(19)29(62)51(20)53(14)65/h9-20,31-32H,1-8,30H2/p+2. The first-order chi connectivity index (χ1) is 31.2. The summed E-state index contributed by atoms with van der Waals surface area (Å²) in [6.07, 6.45) is -16.7. The van der Waals surface area contributed by atoms with Gasteiger partial charge in [0.2, 0.25) is 22.1 Å². The van der Waals surface area contributed by atoms with E-state index < -0.39 is 182 Å². The lowest BCUT2D eigenvalue weighted by Crippen LogP contribution is -2.73. The second-order valence-corrected chi connectivity index (χ2v) is 17.6. The van der Waals surface area contributed by atoms with Crippen molar-refractivity contribution in [1.82, 2.24) is 99.9 Å². The number of carbonyl (C=O) groups excluding carboxylic acids is 9. The number of nitrogens with two attached hydrogens (primary N) is 1. The van der Waals surface area contributed by atoms with Gasteiger partial charge in [-0.2, -0.15) is 0 Å². The van der Waals surface area contributed by atoms with Gasteiger partial charge in [-0.1, -0.05) is 0 Å². The van der Waals surface area contributed by atoms with E-state index in [4.69, 9.17) is 5.73 Å². The van der Waals surface area contributed by atoms with Crippen LogP contribution in [0, 0.1) is 14.7 Å². The largest absolute Gasteiger partial charge is 0.518 e. The number of nitrogens with zero attached hydrogens (tertiary/aromatic N) is 19. The summed E-state index contributed by atoms with van der Waals surface area (Å²) in [7, 11) is 0. The zero-order chi connectivity index (χ0) is 44.7. The molecule has 14 aliphatic rings. The molecule has 36 nitrogen and oxygen atoms in total. The van der Waals surface area contributed by atoms with Gasteiger partial charge in [0.15, 0.2) is 30.8 Å². The first-order valence-electron chi connectivity index (χ1n) is 20.4. The summed E-state index contributed by atoms with van der Waals surface area (Å²) in [5.74, 6) is 0. The summed E-state index contributed by atoms with van der Waals surface area (Å²) in [5, 5.41) is 15.7. The van der Waals surface area contributed by atoms with Gasteiger partial charge in [0.1, 0.15) is 58.5 Å². The number of hydrogen-bond acceptors (Lipinski definition) is 16. The molecule has 65 heavy (non-hydrogen) atoms. The van der Waals surface area contributed by atoms with Crippen molar-refractivity contribution in [3.63, 3.8) is 0 Å². The Balaban J connectivity index is 0.913. The average Bonchev–Trinajstić information content (AvgIpc) is 4.11. The highest BCUT2D eigenvalue weighted by Gasteiger charge is 2.80. The molecule has 14 fully saturated rings. The number of amides is 18. The Bertz CT molecular complexity index is 2480. The van der Waals surface area contributed by atoms with Crippen LogP contribution >= 0.6 is 0 Å². The molecule has 14 aliphatic heterocycles. The van der Waals surface area contributed by atoms with Crippen molar-refractivity contribution >= 4 is 54.3 Å². The molecular formula is C29H34N24O12+2. The highest BCUT2D eigenvalue weighted by molar-refractivity contribution is 5.91. The maximum absolute atomic E-state index is 14.6. The minimum absolute atomic E-state index is 0.0728. The molecule has 6 N–H and O–H groups in total. The van der Waals surface area contributed by atoms with Gasteiger partial charge in [-0.25, -0.2) is 43.2 Å². The Morgan fingerprint density at radius 2 is 0.815 bits per heavy atom. The maximum atomic E-state index is 14.6. The van der Waals surface area contributed by atoms with E-state index in [1.807, 2.05) is 0 Å². The zero-order valence-electron chi connectivity index (χ0n) is 33.1. The van der Waals surface area contributed by atoms with Crippen molar-refractivity contribution in [2.24, 2.45) is 10.9 Å². The minimum atomic E-state index is -2.01. The molecule has 0 aliphatic carbocycles. The molecule has 12 atom stereocenters. The lowest BCUT2D eigenvalue weighted by Gasteiger charge is -2.41. The fourth-order valence-electron chi connectivity index (χ4n) is 12.0. The highest BCUT2D eigenvalue weighted by atomic mass is 16.4. The molecule has 0 saturated carbocycles. The first-order valence-corrected chi connectivity index (χ1v) is 20.4. The van der Waals surface area contributed by atoms with Crippen LogP contribution in [0.25, 0.3) is 0 Å². The summed E-state index contributed by atoms with van der Waals surface area (Å²) in [6, 6.07) is -7.52.